The van der Waals surface area contributed by atoms with E-state index in [1.165, 1.54) is 6.92 Å². The maximum absolute atomic E-state index is 12.1. The SMILES string of the molecule is CC(=O)OC1OC(c2ccc(Cl)c(Cc3ccc4c(c3)OCCO4)c2)C(OC(C)=O)C(OC(C)=O)C1OC(C)=O. The molecule has 0 bridgehead atoms. The fourth-order valence-corrected chi connectivity index (χ4v) is 4.81. The Morgan fingerprint density at radius 1 is 0.750 bits per heavy atom. The third-order valence-corrected chi connectivity index (χ3v) is 6.45. The zero-order valence-corrected chi connectivity index (χ0v) is 23.1. The molecule has 4 rings (SSSR count). The molecule has 2 aliphatic heterocycles. The topological polar surface area (TPSA) is 133 Å². The third-order valence-electron chi connectivity index (χ3n) is 6.08. The number of hydrogen-bond donors (Lipinski definition) is 0. The van der Waals surface area contributed by atoms with Gasteiger partial charge in [0, 0.05) is 32.7 Å². The number of halogens is 1. The van der Waals surface area contributed by atoms with Crippen LogP contribution in [0.5, 0.6) is 11.5 Å². The van der Waals surface area contributed by atoms with Crippen LogP contribution in [0.25, 0.3) is 0 Å². The number of carbonyl (C=O) groups excluding carboxylic acids is 4. The average Bonchev–Trinajstić information content (AvgIpc) is 2.87. The first-order valence-electron chi connectivity index (χ1n) is 12.5. The van der Waals surface area contributed by atoms with Gasteiger partial charge in [-0.25, -0.2) is 0 Å². The van der Waals surface area contributed by atoms with E-state index < -0.39 is 54.6 Å². The van der Waals surface area contributed by atoms with Gasteiger partial charge in [0.2, 0.25) is 12.4 Å². The van der Waals surface area contributed by atoms with Crippen LogP contribution < -0.4 is 9.47 Å². The standard InChI is InChI=1S/C28H29ClO11/c1-14(30)36-25-24(40-28(39-17(4)33)27(38-16(3)32)26(25)37-15(2)31)19-6-7-21(29)20(13-19)11-18-5-8-22-23(12-18)35-10-9-34-22/h5-8,12-13,24-28H,9-11H2,1-4H3. The van der Waals surface area contributed by atoms with E-state index in [4.69, 9.17) is 44.8 Å². The van der Waals surface area contributed by atoms with Gasteiger partial charge in [0.25, 0.3) is 0 Å². The van der Waals surface area contributed by atoms with Crippen molar-refractivity contribution in [1.82, 2.24) is 0 Å². The second-order valence-electron chi connectivity index (χ2n) is 9.26. The van der Waals surface area contributed by atoms with Crippen LogP contribution in [0.3, 0.4) is 0 Å². The Morgan fingerprint density at radius 2 is 1.35 bits per heavy atom. The lowest BCUT2D eigenvalue weighted by Gasteiger charge is -2.44. The van der Waals surface area contributed by atoms with Crippen molar-refractivity contribution in [2.24, 2.45) is 0 Å². The van der Waals surface area contributed by atoms with E-state index in [-0.39, 0.29) is 0 Å². The molecule has 12 heteroatoms. The minimum Gasteiger partial charge on any atom is -0.486 e. The highest BCUT2D eigenvalue weighted by atomic mass is 35.5. The summed E-state index contributed by atoms with van der Waals surface area (Å²) in [6, 6.07) is 10.6. The Balaban J connectivity index is 1.73. The van der Waals surface area contributed by atoms with E-state index in [0.717, 1.165) is 26.3 Å². The number of fused-ring (bicyclic) bond motifs is 1. The van der Waals surface area contributed by atoms with E-state index in [0.29, 0.717) is 47.3 Å². The van der Waals surface area contributed by atoms with Crippen LogP contribution >= 0.6 is 11.6 Å². The van der Waals surface area contributed by atoms with Gasteiger partial charge in [0.15, 0.2) is 23.7 Å². The molecular formula is C28H29ClO11. The molecule has 1 fully saturated rings. The summed E-state index contributed by atoms with van der Waals surface area (Å²) < 4.78 is 39.0. The maximum Gasteiger partial charge on any atom is 0.305 e. The summed E-state index contributed by atoms with van der Waals surface area (Å²) in [5.74, 6) is -1.64. The zero-order valence-electron chi connectivity index (χ0n) is 22.3. The summed E-state index contributed by atoms with van der Waals surface area (Å²) in [5.41, 5.74) is 2.09. The van der Waals surface area contributed by atoms with E-state index in [9.17, 15) is 19.2 Å². The van der Waals surface area contributed by atoms with Crippen LogP contribution in [0.15, 0.2) is 36.4 Å². The molecule has 0 radical (unpaired) electrons. The first kappa shape index (κ1) is 29.2. The quantitative estimate of drug-likeness (QED) is 0.354. The van der Waals surface area contributed by atoms with Gasteiger partial charge in [-0.05, 0) is 41.3 Å². The molecule has 0 spiro atoms. The molecule has 1 saturated heterocycles. The monoisotopic (exact) mass is 576 g/mol. The smallest absolute Gasteiger partial charge is 0.305 e. The van der Waals surface area contributed by atoms with Crippen molar-refractivity contribution in [1.29, 1.82) is 0 Å². The van der Waals surface area contributed by atoms with Gasteiger partial charge in [-0.2, -0.15) is 0 Å². The Labute approximate surface area is 235 Å². The van der Waals surface area contributed by atoms with Crippen molar-refractivity contribution in [2.45, 2.75) is 64.8 Å². The molecular weight excluding hydrogens is 548 g/mol. The van der Waals surface area contributed by atoms with Gasteiger partial charge in [0.05, 0.1) is 0 Å². The molecule has 0 aliphatic carbocycles. The third kappa shape index (κ3) is 7.02. The van der Waals surface area contributed by atoms with Crippen molar-refractivity contribution in [3.63, 3.8) is 0 Å². The molecule has 214 valence electrons. The molecule has 5 unspecified atom stereocenters. The first-order chi connectivity index (χ1) is 19.0. The molecule has 2 aliphatic rings. The molecule has 0 amide bonds. The lowest BCUT2D eigenvalue weighted by Crippen LogP contribution is -2.59. The van der Waals surface area contributed by atoms with Crippen LogP contribution in [0.4, 0.5) is 0 Å². The van der Waals surface area contributed by atoms with E-state index in [1.807, 2.05) is 18.2 Å². The minimum absolute atomic E-state index is 0.408. The predicted octanol–water partition coefficient (Wildman–Crippen LogP) is 3.46. The molecule has 2 heterocycles. The van der Waals surface area contributed by atoms with Crippen LogP contribution in [-0.4, -0.2) is 61.7 Å². The second-order valence-corrected chi connectivity index (χ2v) is 9.67. The van der Waals surface area contributed by atoms with Crippen LogP contribution in [0.2, 0.25) is 5.02 Å². The summed E-state index contributed by atoms with van der Waals surface area (Å²) in [6.45, 7) is 5.53. The number of esters is 4. The Hall–Kier alpha value is -3.83. The molecule has 0 aromatic heterocycles. The Bertz CT molecular complexity index is 1290. The van der Waals surface area contributed by atoms with Gasteiger partial charge in [0.1, 0.15) is 19.3 Å². The number of rotatable bonds is 7. The van der Waals surface area contributed by atoms with E-state index in [2.05, 4.69) is 0 Å². The molecule has 2 aromatic carbocycles. The molecule has 5 atom stereocenters. The first-order valence-corrected chi connectivity index (χ1v) is 12.9. The second kappa shape index (κ2) is 12.6. The van der Waals surface area contributed by atoms with Crippen molar-refractivity contribution < 1.29 is 52.3 Å². The van der Waals surface area contributed by atoms with Crippen molar-refractivity contribution in [2.75, 3.05) is 13.2 Å². The summed E-state index contributed by atoms with van der Waals surface area (Å²) in [4.78, 5) is 48.0. The number of carbonyl (C=O) groups is 4. The fraction of sp³-hybridized carbons (Fsp3) is 0.429. The van der Waals surface area contributed by atoms with E-state index in [1.54, 1.807) is 18.2 Å². The highest BCUT2D eigenvalue weighted by Crippen LogP contribution is 2.39. The normalized spacial score (nSPS) is 23.5. The molecule has 40 heavy (non-hydrogen) atoms. The molecule has 0 N–H and O–H groups in total. The molecule has 11 nitrogen and oxygen atoms in total. The van der Waals surface area contributed by atoms with Crippen LogP contribution in [0, 0.1) is 0 Å². The molecule has 2 aromatic rings. The number of hydrogen-bond acceptors (Lipinski definition) is 11. The highest BCUT2D eigenvalue weighted by molar-refractivity contribution is 6.31. The predicted molar refractivity (Wildman–Crippen MR) is 138 cm³/mol. The number of benzene rings is 2. The highest BCUT2D eigenvalue weighted by Gasteiger charge is 2.53. The largest absolute Gasteiger partial charge is 0.486 e. The van der Waals surface area contributed by atoms with E-state index >= 15 is 0 Å². The minimum atomic E-state index is -1.47. The summed E-state index contributed by atoms with van der Waals surface area (Å²) in [5, 5.41) is 0.462. The van der Waals surface area contributed by atoms with Crippen LogP contribution in [-0.2, 0) is 49.3 Å². The van der Waals surface area contributed by atoms with Gasteiger partial charge in [-0.3, -0.25) is 19.2 Å². The number of ether oxygens (including phenoxy) is 7. The average molecular weight is 577 g/mol. The van der Waals surface area contributed by atoms with Gasteiger partial charge >= 0.3 is 23.9 Å². The van der Waals surface area contributed by atoms with Gasteiger partial charge in [-0.1, -0.05) is 29.8 Å². The summed E-state index contributed by atoms with van der Waals surface area (Å²) in [6.07, 6.45) is -6.19. The summed E-state index contributed by atoms with van der Waals surface area (Å²) in [7, 11) is 0. The fourth-order valence-electron chi connectivity index (χ4n) is 4.63. The van der Waals surface area contributed by atoms with Gasteiger partial charge in [-0.15, -0.1) is 0 Å². The van der Waals surface area contributed by atoms with Gasteiger partial charge < -0.3 is 33.2 Å². The van der Waals surface area contributed by atoms with Crippen LogP contribution in [0.1, 0.15) is 50.5 Å². The van der Waals surface area contributed by atoms with Crippen molar-refractivity contribution in [3.8, 4) is 11.5 Å². The summed E-state index contributed by atoms with van der Waals surface area (Å²) >= 11 is 6.55. The zero-order chi connectivity index (χ0) is 29.0. The lowest BCUT2D eigenvalue weighted by atomic mass is 9.91. The van der Waals surface area contributed by atoms with Crippen molar-refractivity contribution in [3.05, 3.63) is 58.1 Å². The van der Waals surface area contributed by atoms with Crippen molar-refractivity contribution >= 4 is 35.5 Å². The lowest BCUT2D eigenvalue weighted by molar-refractivity contribution is -0.298. The molecule has 0 saturated carbocycles. The Kier molecular flexibility index (Phi) is 9.16. The Morgan fingerprint density at radius 3 is 2.00 bits per heavy atom. The maximum atomic E-state index is 12.1.